The van der Waals surface area contributed by atoms with E-state index in [1.807, 2.05) is 48.5 Å². The van der Waals surface area contributed by atoms with Gasteiger partial charge in [-0.2, -0.15) is 0 Å². The number of amides is 2. The fourth-order valence-electron chi connectivity index (χ4n) is 4.73. The number of nitrogens with one attached hydrogen (secondary N) is 2. The number of carbonyl (C=O) groups is 2. The molecule has 1 aliphatic heterocycles. The summed E-state index contributed by atoms with van der Waals surface area (Å²) in [5, 5.41) is 6.06. The van der Waals surface area contributed by atoms with Crippen LogP contribution in [-0.4, -0.2) is 55.7 Å². The van der Waals surface area contributed by atoms with Crippen LogP contribution in [0.3, 0.4) is 0 Å². The zero-order chi connectivity index (χ0) is 25.0. The summed E-state index contributed by atoms with van der Waals surface area (Å²) in [6.45, 7) is 3.13. The zero-order valence-electron chi connectivity index (χ0n) is 20.5. The second kappa shape index (κ2) is 10.6. The first-order valence-electron chi connectivity index (χ1n) is 12.3. The monoisotopic (exact) mass is 485 g/mol. The van der Waals surface area contributed by atoms with Crippen molar-refractivity contribution in [3.8, 4) is 11.1 Å². The molecule has 2 aliphatic rings. The number of methoxy groups -OCH3 is 1. The molecule has 2 fully saturated rings. The summed E-state index contributed by atoms with van der Waals surface area (Å²) in [5.74, 6) is -0.271. The van der Waals surface area contributed by atoms with Gasteiger partial charge in [0.1, 0.15) is 5.54 Å². The molecule has 2 N–H and O–H groups in total. The van der Waals surface area contributed by atoms with Crippen molar-refractivity contribution in [3.63, 3.8) is 0 Å². The number of anilines is 2. The molecule has 2 amide bonds. The number of hydrogen-bond donors (Lipinski definition) is 2. The van der Waals surface area contributed by atoms with Crippen LogP contribution >= 0.6 is 0 Å². The van der Waals surface area contributed by atoms with Gasteiger partial charge in [0.15, 0.2) is 0 Å². The molecular formula is C29H31N3O4. The smallest absolute Gasteiger partial charge is 0.255 e. The van der Waals surface area contributed by atoms with E-state index in [0.717, 1.165) is 42.6 Å². The van der Waals surface area contributed by atoms with Gasteiger partial charge in [0, 0.05) is 42.7 Å². The molecule has 0 spiro atoms. The van der Waals surface area contributed by atoms with E-state index in [-0.39, 0.29) is 11.8 Å². The van der Waals surface area contributed by atoms with Crippen molar-refractivity contribution in [1.29, 1.82) is 0 Å². The van der Waals surface area contributed by atoms with Gasteiger partial charge in [-0.15, -0.1) is 0 Å². The molecular weight excluding hydrogens is 454 g/mol. The molecule has 5 rings (SSSR count). The van der Waals surface area contributed by atoms with Gasteiger partial charge in [-0.25, -0.2) is 0 Å². The SMILES string of the molecule is COCc1ccc(C(=O)Nc2ccc(-c3ccccc3)cc2)cc1NC(=O)C1(N2CCOCC2)CC1. The minimum Gasteiger partial charge on any atom is -0.380 e. The van der Waals surface area contributed by atoms with Crippen molar-refractivity contribution in [1.82, 2.24) is 4.90 Å². The topological polar surface area (TPSA) is 79.9 Å². The van der Waals surface area contributed by atoms with Crippen molar-refractivity contribution in [2.75, 3.05) is 44.0 Å². The van der Waals surface area contributed by atoms with Crippen LogP contribution in [0.2, 0.25) is 0 Å². The Morgan fingerprint density at radius 3 is 2.28 bits per heavy atom. The second-order valence-electron chi connectivity index (χ2n) is 9.29. The van der Waals surface area contributed by atoms with Crippen LogP contribution in [0.15, 0.2) is 72.8 Å². The molecule has 0 unspecified atom stereocenters. The van der Waals surface area contributed by atoms with E-state index in [9.17, 15) is 9.59 Å². The lowest BCUT2D eigenvalue weighted by Gasteiger charge is -2.34. The van der Waals surface area contributed by atoms with Gasteiger partial charge in [-0.3, -0.25) is 14.5 Å². The minimum atomic E-state index is -0.479. The van der Waals surface area contributed by atoms with Crippen molar-refractivity contribution in [3.05, 3.63) is 83.9 Å². The summed E-state index contributed by atoms with van der Waals surface area (Å²) < 4.78 is 10.8. The highest BCUT2D eigenvalue weighted by Gasteiger charge is 2.54. The lowest BCUT2D eigenvalue weighted by atomic mass is 10.1. The third-order valence-corrected chi connectivity index (χ3v) is 6.93. The third kappa shape index (κ3) is 5.18. The van der Waals surface area contributed by atoms with Crippen molar-refractivity contribution >= 4 is 23.2 Å². The number of rotatable bonds is 8. The fourth-order valence-corrected chi connectivity index (χ4v) is 4.73. The molecule has 1 aliphatic carbocycles. The predicted molar refractivity (Wildman–Crippen MR) is 140 cm³/mol. The van der Waals surface area contributed by atoms with Gasteiger partial charge in [-0.1, -0.05) is 48.5 Å². The first-order chi connectivity index (χ1) is 17.6. The van der Waals surface area contributed by atoms with Gasteiger partial charge in [-0.05, 0) is 48.2 Å². The van der Waals surface area contributed by atoms with E-state index < -0.39 is 5.54 Å². The number of nitrogens with zero attached hydrogens (tertiary/aromatic N) is 1. The van der Waals surface area contributed by atoms with Gasteiger partial charge in [0.25, 0.3) is 5.91 Å². The van der Waals surface area contributed by atoms with Crippen molar-refractivity contribution in [2.45, 2.75) is 25.0 Å². The van der Waals surface area contributed by atoms with E-state index in [2.05, 4.69) is 27.7 Å². The Morgan fingerprint density at radius 1 is 0.917 bits per heavy atom. The summed E-state index contributed by atoms with van der Waals surface area (Å²) in [5.41, 5.74) is 4.32. The van der Waals surface area contributed by atoms with E-state index in [1.54, 1.807) is 19.2 Å². The average Bonchev–Trinajstić information content (AvgIpc) is 3.74. The van der Waals surface area contributed by atoms with Crippen molar-refractivity contribution in [2.24, 2.45) is 0 Å². The van der Waals surface area contributed by atoms with E-state index in [4.69, 9.17) is 9.47 Å². The number of benzene rings is 3. The summed E-state index contributed by atoms with van der Waals surface area (Å²) in [6, 6.07) is 23.2. The van der Waals surface area contributed by atoms with Gasteiger partial charge in [0.05, 0.1) is 19.8 Å². The number of ether oxygens (including phenoxy) is 2. The summed E-state index contributed by atoms with van der Waals surface area (Å²) in [7, 11) is 1.61. The summed E-state index contributed by atoms with van der Waals surface area (Å²) >= 11 is 0. The fraction of sp³-hybridized carbons (Fsp3) is 0.310. The van der Waals surface area contributed by atoms with Crippen LogP contribution in [0.4, 0.5) is 11.4 Å². The third-order valence-electron chi connectivity index (χ3n) is 6.93. The number of carbonyl (C=O) groups excluding carboxylic acids is 2. The van der Waals surface area contributed by atoms with Crippen LogP contribution in [0.5, 0.6) is 0 Å². The normalized spacial score (nSPS) is 16.8. The summed E-state index contributed by atoms with van der Waals surface area (Å²) in [4.78, 5) is 28.6. The maximum Gasteiger partial charge on any atom is 0.255 e. The van der Waals surface area contributed by atoms with E-state index >= 15 is 0 Å². The molecule has 3 aromatic carbocycles. The molecule has 0 aromatic heterocycles. The molecule has 7 heteroatoms. The second-order valence-corrected chi connectivity index (χ2v) is 9.29. The Bertz CT molecular complexity index is 1220. The Hall–Kier alpha value is -3.52. The predicted octanol–water partition coefficient (Wildman–Crippen LogP) is 4.56. The Kier molecular flexibility index (Phi) is 7.13. The maximum absolute atomic E-state index is 13.3. The molecule has 0 bridgehead atoms. The van der Waals surface area contributed by atoms with Gasteiger partial charge >= 0.3 is 0 Å². The molecule has 0 atom stereocenters. The van der Waals surface area contributed by atoms with E-state index in [0.29, 0.717) is 36.8 Å². The lowest BCUT2D eigenvalue weighted by Crippen LogP contribution is -2.51. The van der Waals surface area contributed by atoms with Crippen LogP contribution in [0.25, 0.3) is 11.1 Å². The maximum atomic E-state index is 13.3. The molecule has 36 heavy (non-hydrogen) atoms. The molecule has 186 valence electrons. The number of morpholine rings is 1. The summed E-state index contributed by atoms with van der Waals surface area (Å²) in [6.07, 6.45) is 1.66. The van der Waals surface area contributed by atoms with Gasteiger partial charge < -0.3 is 20.1 Å². The van der Waals surface area contributed by atoms with Crippen LogP contribution in [0, 0.1) is 0 Å². The molecule has 1 heterocycles. The molecule has 1 saturated heterocycles. The molecule has 1 saturated carbocycles. The van der Waals surface area contributed by atoms with Gasteiger partial charge in [0.2, 0.25) is 5.91 Å². The Balaban J connectivity index is 1.30. The van der Waals surface area contributed by atoms with Crippen LogP contribution in [0.1, 0.15) is 28.8 Å². The quantitative estimate of drug-likeness (QED) is 0.489. The molecule has 0 radical (unpaired) electrons. The highest BCUT2D eigenvalue weighted by molar-refractivity contribution is 6.06. The highest BCUT2D eigenvalue weighted by Crippen LogP contribution is 2.43. The highest BCUT2D eigenvalue weighted by atomic mass is 16.5. The van der Waals surface area contributed by atoms with Crippen LogP contribution in [-0.2, 0) is 20.9 Å². The first-order valence-corrected chi connectivity index (χ1v) is 12.3. The Labute approximate surface area is 211 Å². The average molecular weight is 486 g/mol. The molecule has 7 nitrogen and oxygen atoms in total. The van der Waals surface area contributed by atoms with E-state index in [1.165, 1.54) is 0 Å². The zero-order valence-corrected chi connectivity index (χ0v) is 20.5. The standard InChI is InChI=1S/C29H31N3O4/c1-35-20-24-8-7-23(19-26(24)31-28(34)29(13-14-29)32-15-17-36-18-16-32)27(33)30-25-11-9-22(10-12-25)21-5-3-2-4-6-21/h2-12,19H,13-18,20H2,1H3,(H,30,33)(H,31,34). The van der Waals surface area contributed by atoms with Crippen molar-refractivity contribution < 1.29 is 19.1 Å². The largest absolute Gasteiger partial charge is 0.380 e. The first kappa shape index (κ1) is 24.2. The Morgan fingerprint density at radius 2 is 1.61 bits per heavy atom. The molecule has 3 aromatic rings. The lowest BCUT2D eigenvalue weighted by molar-refractivity contribution is -0.124. The minimum absolute atomic E-state index is 0.0317. The van der Waals surface area contributed by atoms with Crippen LogP contribution < -0.4 is 10.6 Å². The number of hydrogen-bond acceptors (Lipinski definition) is 5.